The lowest BCUT2D eigenvalue weighted by molar-refractivity contribution is -0.144. The van der Waals surface area contributed by atoms with Gasteiger partial charge in [-0.2, -0.15) is 13.2 Å². The Morgan fingerprint density at radius 3 is 2.13 bits per heavy atom. The van der Waals surface area contributed by atoms with E-state index in [0.717, 1.165) is 0 Å². The van der Waals surface area contributed by atoms with Crippen molar-refractivity contribution < 1.29 is 23.1 Å². The summed E-state index contributed by atoms with van der Waals surface area (Å²) in [6, 6.07) is 7.48. The van der Waals surface area contributed by atoms with Crippen molar-refractivity contribution in [1.29, 1.82) is 0 Å². The van der Waals surface area contributed by atoms with Crippen LogP contribution in [0.15, 0.2) is 35.9 Å². The first-order chi connectivity index (χ1) is 6.91. The van der Waals surface area contributed by atoms with E-state index in [-0.39, 0.29) is 5.56 Å². The van der Waals surface area contributed by atoms with E-state index in [4.69, 9.17) is 5.11 Å². The molecule has 5 heteroatoms. The van der Waals surface area contributed by atoms with E-state index in [1.807, 2.05) is 0 Å². The third-order valence-electron chi connectivity index (χ3n) is 1.65. The minimum Gasteiger partial charge on any atom is -0.478 e. The summed E-state index contributed by atoms with van der Waals surface area (Å²) in [6.45, 7) is 0. The van der Waals surface area contributed by atoms with Gasteiger partial charge in [0.05, 0.1) is 0 Å². The molecule has 1 N–H and O–H groups in total. The van der Waals surface area contributed by atoms with Gasteiger partial charge in [-0.15, -0.1) is 0 Å². The van der Waals surface area contributed by atoms with Gasteiger partial charge in [0, 0.05) is 0 Å². The number of rotatable bonds is 2. The molecule has 1 aromatic rings. The SMILES string of the molecule is O=C(O)/C(=C/c1ccccc1)C(F)(F)F. The maximum absolute atomic E-state index is 12.2. The zero-order valence-electron chi connectivity index (χ0n) is 7.45. The average Bonchev–Trinajstić information content (AvgIpc) is 2.13. The molecule has 0 atom stereocenters. The molecule has 1 rings (SSSR count). The van der Waals surface area contributed by atoms with Crippen LogP contribution in [-0.4, -0.2) is 17.3 Å². The summed E-state index contributed by atoms with van der Waals surface area (Å²) in [5.41, 5.74) is -1.37. The molecule has 0 saturated heterocycles. The molecule has 80 valence electrons. The Morgan fingerprint density at radius 1 is 1.20 bits per heavy atom. The fourth-order valence-electron chi connectivity index (χ4n) is 0.981. The average molecular weight is 216 g/mol. The number of carboxylic acid groups (broad SMARTS) is 1. The highest BCUT2D eigenvalue weighted by atomic mass is 19.4. The summed E-state index contributed by atoms with van der Waals surface area (Å²) in [7, 11) is 0. The topological polar surface area (TPSA) is 37.3 Å². The number of halogens is 3. The van der Waals surface area contributed by atoms with Crippen molar-refractivity contribution in [1.82, 2.24) is 0 Å². The van der Waals surface area contributed by atoms with E-state index < -0.39 is 17.7 Å². The van der Waals surface area contributed by atoms with Crippen LogP contribution in [0.2, 0.25) is 0 Å². The summed E-state index contributed by atoms with van der Waals surface area (Å²) in [5.74, 6) is -1.98. The maximum Gasteiger partial charge on any atom is 0.423 e. The molecule has 0 amide bonds. The largest absolute Gasteiger partial charge is 0.478 e. The van der Waals surface area contributed by atoms with Crippen LogP contribution in [0.3, 0.4) is 0 Å². The molecule has 0 radical (unpaired) electrons. The second-order valence-corrected chi connectivity index (χ2v) is 2.77. The minimum absolute atomic E-state index is 0.201. The van der Waals surface area contributed by atoms with Crippen molar-refractivity contribution in [3.05, 3.63) is 41.5 Å². The van der Waals surface area contributed by atoms with Gasteiger partial charge in [-0.25, -0.2) is 4.79 Å². The van der Waals surface area contributed by atoms with Gasteiger partial charge in [-0.3, -0.25) is 0 Å². The van der Waals surface area contributed by atoms with Gasteiger partial charge >= 0.3 is 12.1 Å². The predicted molar refractivity (Wildman–Crippen MR) is 48.1 cm³/mol. The Morgan fingerprint density at radius 2 is 1.73 bits per heavy atom. The Hall–Kier alpha value is -1.78. The lowest BCUT2D eigenvalue weighted by Gasteiger charge is -2.06. The Kier molecular flexibility index (Phi) is 3.14. The second kappa shape index (κ2) is 4.16. The molecule has 0 aromatic heterocycles. The minimum atomic E-state index is -4.85. The Balaban J connectivity index is 3.12. The summed E-state index contributed by atoms with van der Waals surface area (Å²) in [6.07, 6.45) is -4.25. The van der Waals surface area contributed by atoms with Crippen molar-refractivity contribution in [2.45, 2.75) is 6.18 Å². The molecule has 2 nitrogen and oxygen atoms in total. The molecule has 0 bridgehead atoms. The molecule has 15 heavy (non-hydrogen) atoms. The quantitative estimate of drug-likeness (QED) is 0.771. The van der Waals surface area contributed by atoms with E-state index in [0.29, 0.717) is 6.08 Å². The van der Waals surface area contributed by atoms with Crippen LogP contribution in [0.5, 0.6) is 0 Å². The number of hydrogen-bond acceptors (Lipinski definition) is 1. The molecule has 0 spiro atoms. The van der Waals surface area contributed by atoms with E-state index in [2.05, 4.69) is 0 Å². The van der Waals surface area contributed by atoms with Gasteiger partial charge in [-0.05, 0) is 11.6 Å². The zero-order chi connectivity index (χ0) is 11.5. The fraction of sp³-hybridized carbons (Fsp3) is 0.100. The molecular formula is C10H7F3O2. The first-order valence-electron chi connectivity index (χ1n) is 3.98. The standard InChI is InChI=1S/C10H7F3O2/c11-10(12,13)8(9(14)15)6-7-4-2-1-3-5-7/h1-6H,(H,14,15)/b8-6-. The van der Waals surface area contributed by atoms with Gasteiger partial charge in [0.25, 0.3) is 0 Å². The van der Waals surface area contributed by atoms with Gasteiger partial charge in [0.15, 0.2) is 0 Å². The summed E-state index contributed by atoms with van der Waals surface area (Å²) < 4.78 is 36.6. The van der Waals surface area contributed by atoms with Crippen molar-refractivity contribution in [3.63, 3.8) is 0 Å². The number of alkyl halides is 3. The highest BCUT2D eigenvalue weighted by Crippen LogP contribution is 2.27. The Labute approximate surface area is 83.7 Å². The van der Waals surface area contributed by atoms with Crippen molar-refractivity contribution in [3.8, 4) is 0 Å². The normalized spacial score (nSPS) is 12.6. The van der Waals surface area contributed by atoms with Crippen LogP contribution in [0.25, 0.3) is 6.08 Å². The van der Waals surface area contributed by atoms with Crippen molar-refractivity contribution in [2.24, 2.45) is 0 Å². The van der Waals surface area contributed by atoms with Crippen LogP contribution < -0.4 is 0 Å². The third kappa shape index (κ3) is 3.12. The van der Waals surface area contributed by atoms with Gasteiger partial charge in [0.2, 0.25) is 0 Å². The molecule has 0 aliphatic carbocycles. The van der Waals surface area contributed by atoms with Crippen LogP contribution in [0, 0.1) is 0 Å². The van der Waals surface area contributed by atoms with Gasteiger partial charge in [0.1, 0.15) is 5.57 Å². The lowest BCUT2D eigenvalue weighted by atomic mass is 10.1. The molecule has 1 aromatic carbocycles. The highest BCUT2D eigenvalue weighted by Gasteiger charge is 2.38. The molecule has 0 aliphatic heterocycles. The number of hydrogen-bond donors (Lipinski definition) is 1. The summed E-state index contributed by atoms with van der Waals surface area (Å²) in [5, 5.41) is 8.38. The van der Waals surface area contributed by atoms with E-state index in [1.165, 1.54) is 24.3 Å². The summed E-state index contributed by atoms with van der Waals surface area (Å²) >= 11 is 0. The lowest BCUT2D eigenvalue weighted by Crippen LogP contribution is -2.19. The number of carboxylic acids is 1. The summed E-state index contributed by atoms with van der Waals surface area (Å²) in [4.78, 5) is 10.4. The zero-order valence-corrected chi connectivity index (χ0v) is 7.45. The molecule has 0 aliphatic rings. The Bertz CT molecular complexity index is 379. The molecule has 0 unspecified atom stereocenters. The number of aliphatic carboxylic acids is 1. The first-order valence-corrected chi connectivity index (χ1v) is 3.98. The molecule has 0 heterocycles. The van der Waals surface area contributed by atoms with Crippen LogP contribution >= 0.6 is 0 Å². The van der Waals surface area contributed by atoms with E-state index in [9.17, 15) is 18.0 Å². The second-order valence-electron chi connectivity index (χ2n) is 2.77. The first kappa shape index (κ1) is 11.3. The predicted octanol–water partition coefficient (Wildman–Crippen LogP) is 2.72. The third-order valence-corrected chi connectivity index (χ3v) is 1.65. The maximum atomic E-state index is 12.2. The molecule has 0 fully saturated rings. The molecular weight excluding hydrogens is 209 g/mol. The monoisotopic (exact) mass is 216 g/mol. The smallest absolute Gasteiger partial charge is 0.423 e. The number of benzene rings is 1. The highest BCUT2D eigenvalue weighted by molar-refractivity contribution is 5.93. The van der Waals surface area contributed by atoms with Gasteiger partial charge < -0.3 is 5.11 Å². The molecule has 0 saturated carbocycles. The number of carbonyl (C=O) groups is 1. The van der Waals surface area contributed by atoms with E-state index in [1.54, 1.807) is 6.07 Å². The van der Waals surface area contributed by atoms with E-state index >= 15 is 0 Å². The van der Waals surface area contributed by atoms with Crippen LogP contribution in [-0.2, 0) is 4.79 Å². The van der Waals surface area contributed by atoms with Crippen molar-refractivity contribution >= 4 is 12.0 Å². The van der Waals surface area contributed by atoms with Crippen molar-refractivity contribution in [2.75, 3.05) is 0 Å². The fourth-order valence-corrected chi connectivity index (χ4v) is 0.981. The van der Waals surface area contributed by atoms with Crippen LogP contribution in [0.1, 0.15) is 5.56 Å². The van der Waals surface area contributed by atoms with Gasteiger partial charge in [-0.1, -0.05) is 30.3 Å². The van der Waals surface area contributed by atoms with Crippen LogP contribution in [0.4, 0.5) is 13.2 Å².